The first-order valence-corrected chi connectivity index (χ1v) is 11.0. The maximum absolute atomic E-state index is 13.0. The third-order valence-electron chi connectivity index (χ3n) is 5.05. The highest BCUT2D eigenvalue weighted by Gasteiger charge is 2.23. The standard InChI is InChI=1S/C23H40N2O4/c1-6-7-8-9-10-11-12-22(26)25(19(2)3)18-23(27)24(15-16-28-5)17-21-14-13-20(4)29-21/h13-14,19H,6-12,15-18H2,1-5H3. The molecule has 0 unspecified atom stereocenters. The van der Waals surface area contributed by atoms with Crippen LogP contribution in [0.4, 0.5) is 0 Å². The zero-order chi connectivity index (χ0) is 21.6. The Hall–Kier alpha value is -1.82. The van der Waals surface area contributed by atoms with Crippen LogP contribution < -0.4 is 0 Å². The van der Waals surface area contributed by atoms with Crippen LogP contribution in [-0.2, 0) is 20.9 Å². The van der Waals surface area contributed by atoms with Gasteiger partial charge in [0.25, 0.3) is 0 Å². The van der Waals surface area contributed by atoms with Gasteiger partial charge < -0.3 is 19.0 Å². The molecule has 1 aromatic rings. The molecule has 0 radical (unpaired) electrons. The van der Waals surface area contributed by atoms with Gasteiger partial charge in [-0.3, -0.25) is 9.59 Å². The summed E-state index contributed by atoms with van der Waals surface area (Å²) in [4.78, 5) is 29.1. The maximum atomic E-state index is 13.0. The monoisotopic (exact) mass is 408 g/mol. The summed E-state index contributed by atoms with van der Waals surface area (Å²) in [5.41, 5.74) is 0. The number of amides is 2. The zero-order valence-corrected chi connectivity index (χ0v) is 19.0. The Bertz CT molecular complexity index is 597. The number of aryl methyl sites for hydroxylation is 1. The molecule has 0 fully saturated rings. The number of nitrogens with zero attached hydrogens (tertiary/aromatic N) is 2. The first-order chi connectivity index (χ1) is 13.9. The third-order valence-corrected chi connectivity index (χ3v) is 5.05. The van der Waals surface area contributed by atoms with Crippen molar-refractivity contribution in [1.29, 1.82) is 0 Å². The molecule has 0 aliphatic carbocycles. The predicted molar refractivity (Wildman–Crippen MR) is 116 cm³/mol. The van der Waals surface area contributed by atoms with Crippen molar-refractivity contribution in [3.05, 3.63) is 23.7 Å². The highest BCUT2D eigenvalue weighted by Crippen LogP contribution is 2.13. The van der Waals surface area contributed by atoms with Crippen molar-refractivity contribution in [2.24, 2.45) is 0 Å². The van der Waals surface area contributed by atoms with E-state index in [9.17, 15) is 9.59 Å². The van der Waals surface area contributed by atoms with Crippen LogP contribution in [0.3, 0.4) is 0 Å². The number of furan rings is 1. The molecule has 0 aliphatic heterocycles. The van der Waals surface area contributed by atoms with Crippen LogP contribution in [0.25, 0.3) is 0 Å². The summed E-state index contributed by atoms with van der Waals surface area (Å²) >= 11 is 0. The number of hydrogen-bond acceptors (Lipinski definition) is 4. The summed E-state index contributed by atoms with van der Waals surface area (Å²) in [6.45, 7) is 9.38. The minimum atomic E-state index is -0.0823. The maximum Gasteiger partial charge on any atom is 0.242 e. The van der Waals surface area contributed by atoms with Gasteiger partial charge in [-0.25, -0.2) is 0 Å². The first-order valence-electron chi connectivity index (χ1n) is 11.0. The van der Waals surface area contributed by atoms with Gasteiger partial charge in [-0.05, 0) is 39.3 Å². The Kier molecular flexibility index (Phi) is 12.4. The number of hydrogen-bond donors (Lipinski definition) is 0. The lowest BCUT2D eigenvalue weighted by Gasteiger charge is -2.30. The van der Waals surface area contributed by atoms with Crippen LogP contribution in [-0.4, -0.2) is 54.5 Å². The Morgan fingerprint density at radius 3 is 2.34 bits per heavy atom. The topological polar surface area (TPSA) is 63.0 Å². The van der Waals surface area contributed by atoms with E-state index in [0.717, 1.165) is 24.4 Å². The molecule has 6 nitrogen and oxygen atoms in total. The smallest absolute Gasteiger partial charge is 0.242 e. The molecule has 6 heteroatoms. The van der Waals surface area contributed by atoms with E-state index in [-0.39, 0.29) is 24.4 Å². The average molecular weight is 409 g/mol. The molecule has 0 aromatic carbocycles. The van der Waals surface area contributed by atoms with E-state index in [1.54, 1.807) is 16.9 Å². The van der Waals surface area contributed by atoms with Crippen LogP contribution in [0.5, 0.6) is 0 Å². The van der Waals surface area contributed by atoms with E-state index in [0.29, 0.717) is 26.1 Å². The minimum absolute atomic E-state index is 0.0123. The van der Waals surface area contributed by atoms with Gasteiger partial charge in [-0.1, -0.05) is 39.0 Å². The molecule has 2 amide bonds. The van der Waals surface area contributed by atoms with E-state index < -0.39 is 0 Å². The number of ether oxygens (including phenoxy) is 1. The number of carbonyl (C=O) groups excluding carboxylic acids is 2. The Balaban J connectivity index is 2.62. The molecule has 0 atom stereocenters. The number of unbranched alkanes of at least 4 members (excludes halogenated alkanes) is 5. The lowest BCUT2D eigenvalue weighted by Crippen LogP contribution is -2.46. The molecule has 0 aliphatic rings. The van der Waals surface area contributed by atoms with E-state index >= 15 is 0 Å². The lowest BCUT2D eigenvalue weighted by atomic mass is 10.1. The van der Waals surface area contributed by atoms with Gasteiger partial charge in [-0.2, -0.15) is 0 Å². The molecular weight excluding hydrogens is 368 g/mol. The van der Waals surface area contributed by atoms with Crippen molar-refractivity contribution in [1.82, 2.24) is 9.80 Å². The third kappa shape index (κ3) is 9.97. The molecular formula is C23H40N2O4. The van der Waals surface area contributed by atoms with E-state index in [1.165, 1.54) is 25.7 Å². The quantitative estimate of drug-likeness (QED) is 0.399. The minimum Gasteiger partial charge on any atom is -0.464 e. The van der Waals surface area contributed by atoms with Crippen LogP contribution in [0.15, 0.2) is 16.5 Å². The second-order valence-electron chi connectivity index (χ2n) is 7.95. The van der Waals surface area contributed by atoms with Crippen molar-refractivity contribution >= 4 is 11.8 Å². The van der Waals surface area contributed by atoms with Gasteiger partial charge >= 0.3 is 0 Å². The predicted octanol–water partition coefficient (Wildman–Crippen LogP) is 4.55. The molecule has 0 N–H and O–H groups in total. The van der Waals surface area contributed by atoms with Gasteiger partial charge in [-0.15, -0.1) is 0 Å². The number of rotatable bonds is 15. The summed E-state index contributed by atoms with van der Waals surface area (Å²) in [5.74, 6) is 1.53. The average Bonchev–Trinajstić information content (AvgIpc) is 3.10. The molecule has 1 rings (SSSR count). The molecule has 29 heavy (non-hydrogen) atoms. The van der Waals surface area contributed by atoms with Gasteiger partial charge in [0.05, 0.1) is 19.7 Å². The largest absolute Gasteiger partial charge is 0.464 e. The molecule has 0 saturated heterocycles. The van der Waals surface area contributed by atoms with Gasteiger partial charge in [0.15, 0.2) is 0 Å². The van der Waals surface area contributed by atoms with Gasteiger partial charge in [0, 0.05) is 26.1 Å². The highest BCUT2D eigenvalue weighted by atomic mass is 16.5. The van der Waals surface area contributed by atoms with Crippen LogP contribution >= 0.6 is 0 Å². The number of carbonyl (C=O) groups is 2. The molecule has 166 valence electrons. The molecule has 0 spiro atoms. The van der Waals surface area contributed by atoms with E-state index in [4.69, 9.17) is 9.15 Å². The second kappa shape index (κ2) is 14.2. The second-order valence-corrected chi connectivity index (χ2v) is 7.95. The summed E-state index contributed by atoms with van der Waals surface area (Å²) in [5, 5.41) is 0. The summed E-state index contributed by atoms with van der Waals surface area (Å²) < 4.78 is 10.8. The molecule has 1 heterocycles. The molecule has 0 saturated carbocycles. The fraction of sp³-hybridized carbons (Fsp3) is 0.739. The number of methoxy groups -OCH3 is 1. The van der Waals surface area contributed by atoms with Crippen LogP contribution in [0, 0.1) is 6.92 Å². The lowest BCUT2D eigenvalue weighted by molar-refractivity contribution is -0.142. The summed E-state index contributed by atoms with van der Waals surface area (Å²) in [6.07, 6.45) is 7.36. The Morgan fingerprint density at radius 2 is 1.76 bits per heavy atom. The van der Waals surface area contributed by atoms with Gasteiger partial charge in [0.2, 0.25) is 11.8 Å². The fourth-order valence-corrected chi connectivity index (χ4v) is 3.26. The van der Waals surface area contributed by atoms with Gasteiger partial charge in [0.1, 0.15) is 11.5 Å². The van der Waals surface area contributed by atoms with Crippen molar-refractivity contribution < 1.29 is 18.7 Å². The Labute approximate surface area is 176 Å². The van der Waals surface area contributed by atoms with Crippen LogP contribution in [0.2, 0.25) is 0 Å². The Morgan fingerprint density at radius 1 is 1.07 bits per heavy atom. The van der Waals surface area contributed by atoms with Crippen molar-refractivity contribution in [2.75, 3.05) is 26.8 Å². The van der Waals surface area contributed by atoms with E-state index in [1.807, 2.05) is 32.9 Å². The molecule has 1 aromatic heterocycles. The van der Waals surface area contributed by atoms with Crippen molar-refractivity contribution in [2.45, 2.75) is 85.2 Å². The fourth-order valence-electron chi connectivity index (χ4n) is 3.26. The summed E-state index contributed by atoms with van der Waals surface area (Å²) in [7, 11) is 1.62. The molecule has 0 bridgehead atoms. The highest BCUT2D eigenvalue weighted by molar-refractivity contribution is 5.85. The summed E-state index contributed by atoms with van der Waals surface area (Å²) in [6, 6.07) is 3.76. The normalized spacial score (nSPS) is 11.1. The van der Waals surface area contributed by atoms with E-state index in [2.05, 4.69) is 6.92 Å². The van der Waals surface area contributed by atoms with Crippen molar-refractivity contribution in [3.63, 3.8) is 0 Å². The first kappa shape index (κ1) is 25.2. The SMILES string of the molecule is CCCCCCCCC(=O)N(CC(=O)N(CCOC)Cc1ccc(C)o1)C(C)C. The van der Waals surface area contributed by atoms with Crippen molar-refractivity contribution in [3.8, 4) is 0 Å². The van der Waals surface area contributed by atoms with Crippen LogP contribution in [0.1, 0.15) is 77.2 Å². The zero-order valence-electron chi connectivity index (χ0n) is 19.0.